The van der Waals surface area contributed by atoms with Crippen LogP contribution in [0, 0.1) is 0 Å². The molecule has 1 unspecified atom stereocenters. The number of carbonyl (C=O) groups excluding carboxylic acids is 3. The molecule has 158 valence electrons. The number of para-hydroxylation sites is 2. The summed E-state index contributed by atoms with van der Waals surface area (Å²) in [6, 6.07) is 9.23. The monoisotopic (exact) mass is 457 g/mol. The van der Waals surface area contributed by atoms with Crippen LogP contribution in [0.15, 0.2) is 42.5 Å². The molecule has 4 amide bonds. The number of hydrogen-bond acceptors (Lipinski definition) is 4. The van der Waals surface area contributed by atoms with Crippen LogP contribution in [0.5, 0.6) is 5.75 Å². The number of alkyl halides is 2. The lowest BCUT2D eigenvalue weighted by Crippen LogP contribution is -2.42. The Bertz CT molecular complexity index is 1020. The second-order valence-corrected chi connectivity index (χ2v) is 7.31. The van der Waals surface area contributed by atoms with Gasteiger partial charge in [0, 0.05) is 0 Å². The molecule has 30 heavy (non-hydrogen) atoms. The highest BCUT2D eigenvalue weighted by molar-refractivity contribution is 6.42. The standard InChI is InChI=1S/C19H15Cl2F2N3O4/c1-19(10-6-7-11(20)12(21)8-10)16(28)26(18(29)25-19)9-15(27)24-13-4-2-3-5-14(13)30-17(22)23/h2-8,17H,9H2,1H3,(H,24,27)(H,25,29). The fraction of sp³-hybridized carbons (Fsp3) is 0.211. The number of anilines is 1. The van der Waals surface area contributed by atoms with Crippen molar-refractivity contribution >= 4 is 46.7 Å². The van der Waals surface area contributed by atoms with Crippen LogP contribution >= 0.6 is 23.2 Å². The van der Waals surface area contributed by atoms with Crippen molar-refractivity contribution in [1.29, 1.82) is 0 Å². The third-order valence-electron chi connectivity index (χ3n) is 4.45. The molecular formula is C19H15Cl2F2N3O4. The molecule has 11 heteroatoms. The Hall–Kier alpha value is -2.91. The van der Waals surface area contributed by atoms with E-state index in [1.54, 1.807) is 0 Å². The second kappa shape index (κ2) is 8.45. The number of halogens is 4. The average Bonchev–Trinajstić information content (AvgIpc) is 2.89. The predicted molar refractivity (Wildman–Crippen MR) is 106 cm³/mol. The first-order chi connectivity index (χ1) is 14.1. The Morgan fingerprint density at radius 3 is 2.57 bits per heavy atom. The molecule has 0 spiro atoms. The molecule has 1 heterocycles. The number of rotatable bonds is 6. The zero-order chi connectivity index (χ0) is 22.1. The minimum atomic E-state index is -3.08. The van der Waals surface area contributed by atoms with E-state index < -0.39 is 36.5 Å². The maximum absolute atomic E-state index is 12.9. The summed E-state index contributed by atoms with van der Waals surface area (Å²) in [6.45, 7) is -2.25. The lowest BCUT2D eigenvalue weighted by atomic mass is 9.92. The number of benzene rings is 2. The van der Waals surface area contributed by atoms with E-state index in [9.17, 15) is 23.2 Å². The number of amides is 4. The number of urea groups is 1. The molecule has 0 aliphatic carbocycles. The Balaban J connectivity index is 1.76. The van der Waals surface area contributed by atoms with Crippen molar-refractivity contribution in [2.75, 3.05) is 11.9 Å². The molecule has 7 nitrogen and oxygen atoms in total. The van der Waals surface area contributed by atoms with E-state index in [-0.39, 0.29) is 21.5 Å². The van der Waals surface area contributed by atoms with Crippen molar-refractivity contribution in [2.24, 2.45) is 0 Å². The van der Waals surface area contributed by atoms with Gasteiger partial charge in [0.05, 0.1) is 15.7 Å². The van der Waals surface area contributed by atoms with Crippen molar-refractivity contribution in [3.05, 3.63) is 58.1 Å². The van der Waals surface area contributed by atoms with E-state index >= 15 is 0 Å². The minimum Gasteiger partial charge on any atom is -0.433 e. The summed E-state index contributed by atoms with van der Waals surface area (Å²) in [5.41, 5.74) is -1.10. The molecule has 2 N–H and O–H groups in total. The van der Waals surface area contributed by atoms with Crippen LogP contribution in [0.25, 0.3) is 0 Å². The highest BCUT2D eigenvalue weighted by Crippen LogP contribution is 2.33. The summed E-state index contributed by atoms with van der Waals surface area (Å²) in [5.74, 6) is -1.71. The van der Waals surface area contributed by atoms with Crippen LogP contribution in [0.1, 0.15) is 12.5 Å². The molecule has 0 radical (unpaired) electrons. The molecule has 3 rings (SSSR count). The number of carbonyl (C=O) groups is 3. The van der Waals surface area contributed by atoms with Gasteiger partial charge >= 0.3 is 12.6 Å². The van der Waals surface area contributed by atoms with E-state index in [4.69, 9.17) is 23.2 Å². The average molecular weight is 458 g/mol. The van der Waals surface area contributed by atoms with Gasteiger partial charge in [0.2, 0.25) is 5.91 Å². The summed E-state index contributed by atoms with van der Waals surface area (Å²) in [6.07, 6.45) is 0. The Morgan fingerprint density at radius 1 is 1.20 bits per heavy atom. The minimum absolute atomic E-state index is 0.0258. The predicted octanol–water partition coefficient (Wildman–Crippen LogP) is 4.00. The van der Waals surface area contributed by atoms with Crippen molar-refractivity contribution < 1.29 is 27.9 Å². The van der Waals surface area contributed by atoms with Gasteiger partial charge in [0.1, 0.15) is 17.8 Å². The van der Waals surface area contributed by atoms with Crippen molar-refractivity contribution in [3.63, 3.8) is 0 Å². The smallest absolute Gasteiger partial charge is 0.387 e. The number of ether oxygens (including phenoxy) is 1. The third kappa shape index (κ3) is 4.31. The number of nitrogens with zero attached hydrogens (tertiary/aromatic N) is 1. The molecule has 2 aromatic carbocycles. The zero-order valence-electron chi connectivity index (χ0n) is 15.4. The second-order valence-electron chi connectivity index (χ2n) is 6.50. The maximum Gasteiger partial charge on any atom is 0.387 e. The molecule has 1 atom stereocenters. The van der Waals surface area contributed by atoms with Gasteiger partial charge < -0.3 is 15.4 Å². The molecule has 1 aliphatic rings. The highest BCUT2D eigenvalue weighted by Gasteiger charge is 2.49. The lowest BCUT2D eigenvalue weighted by molar-refractivity contribution is -0.133. The van der Waals surface area contributed by atoms with Crippen molar-refractivity contribution in [1.82, 2.24) is 10.2 Å². The van der Waals surface area contributed by atoms with Gasteiger partial charge in [0.25, 0.3) is 5.91 Å². The van der Waals surface area contributed by atoms with Crippen molar-refractivity contribution in [2.45, 2.75) is 19.1 Å². The molecule has 2 aromatic rings. The molecule has 1 aliphatic heterocycles. The first kappa shape index (κ1) is 21.8. The van der Waals surface area contributed by atoms with Crippen LogP contribution in [0.3, 0.4) is 0 Å². The molecule has 0 bridgehead atoms. The topological polar surface area (TPSA) is 87.7 Å². The first-order valence-electron chi connectivity index (χ1n) is 8.55. The van der Waals surface area contributed by atoms with Crippen LogP contribution < -0.4 is 15.4 Å². The molecular weight excluding hydrogens is 443 g/mol. The zero-order valence-corrected chi connectivity index (χ0v) is 16.9. The van der Waals surface area contributed by atoms with E-state index in [0.29, 0.717) is 10.5 Å². The van der Waals surface area contributed by atoms with Gasteiger partial charge in [-0.1, -0.05) is 41.4 Å². The van der Waals surface area contributed by atoms with Gasteiger partial charge in [-0.15, -0.1) is 0 Å². The number of nitrogens with one attached hydrogen (secondary N) is 2. The van der Waals surface area contributed by atoms with Crippen LogP contribution in [0.2, 0.25) is 10.0 Å². The maximum atomic E-state index is 12.9. The van der Waals surface area contributed by atoms with Crippen molar-refractivity contribution in [3.8, 4) is 5.75 Å². The lowest BCUT2D eigenvalue weighted by Gasteiger charge is -2.22. The van der Waals surface area contributed by atoms with Crippen LogP contribution in [0.4, 0.5) is 19.3 Å². The van der Waals surface area contributed by atoms with E-state index in [2.05, 4.69) is 15.4 Å². The van der Waals surface area contributed by atoms with Gasteiger partial charge in [-0.25, -0.2) is 4.79 Å². The number of hydrogen-bond donors (Lipinski definition) is 2. The van der Waals surface area contributed by atoms with Gasteiger partial charge in [-0.05, 0) is 36.8 Å². The van der Waals surface area contributed by atoms with Gasteiger partial charge in [-0.3, -0.25) is 14.5 Å². The molecule has 1 fully saturated rings. The SMILES string of the molecule is CC1(c2ccc(Cl)c(Cl)c2)NC(=O)N(CC(=O)Nc2ccccc2OC(F)F)C1=O. The summed E-state index contributed by atoms with van der Waals surface area (Å²) in [7, 11) is 0. The van der Waals surface area contributed by atoms with Crippen LogP contribution in [-0.2, 0) is 15.1 Å². The summed E-state index contributed by atoms with van der Waals surface area (Å²) in [4.78, 5) is 38.3. The van der Waals surface area contributed by atoms with E-state index in [1.807, 2.05) is 0 Å². The fourth-order valence-electron chi connectivity index (χ4n) is 2.95. The van der Waals surface area contributed by atoms with Gasteiger partial charge in [0.15, 0.2) is 0 Å². The largest absolute Gasteiger partial charge is 0.433 e. The Labute approximate surface area is 179 Å². The number of imide groups is 1. The van der Waals surface area contributed by atoms with E-state index in [1.165, 1.54) is 49.4 Å². The van der Waals surface area contributed by atoms with Gasteiger partial charge in [-0.2, -0.15) is 8.78 Å². The fourth-order valence-corrected chi connectivity index (χ4v) is 3.24. The van der Waals surface area contributed by atoms with Crippen LogP contribution in [-0.4, -0.2) is 35.9 Å². The summed E-state index contributed by atoms with van der Waals surface area (Å²) >= 11 is 11.9. The van der Waals surface area contributed by atoms with E-state index in [0.717, 1.165) is 0 Å². The molecule has 1 saturated heterocycles. The molecule has 0 saturated carbocycles. The summed E-state index contributed by atoms with van der Waals surface area (Å²) in [5, 5.41) is 5.37. The highest BCUT2D eigenvalue weighted by atomic mass is 35.5. The first-order valence-corrected chi connectivity index (χ1v) is 9.30. The Kier molecular flexibility index (Phi) is 6.14. The Morgan fingerprint density at radius 2 is 1.90 bits per heavy atom. The summed E-state index contributed by atoms with van der Waals surface area (Å²) < 4.78 is 29.4. The third-order valence-corrected chi connectivity index (χ3v) is 5.19. The quantitative estimate of drug-likeness (QED) is 0.641. The molecule has 0 aromatic heterocycles. The normalized spacial score (nSPS) is 18.5.